The SMILES string of the molecule is O=C(O)Cc1cc(Cl)cnc1-c1cccc(Cl)c1Cl. The third kappa shape index (κ3) is 3.18. The molecule has 0 aliphatic carbocycles. The van der Waals surface area contributed by atoms with Crippen LogP contribution in [0.3, 0.4) is 0 Å². The van der Waals surface area contributed by atoms with Gasteiger partial charge in [-0.15, -0.1) is 0 Å². The molecule has 1 N–H and O–H groups in total. The molecule has 0 spiro atoms. The van der Waals surface area contributed by atoms with Crippen molar-refractivity contribution in [3.63, 3.8) is 0 Å². The molecule has 0 unspecified atom stereocenters. The second-order valence-electron chi connectivity index (χ2n) is 3.83. The number of aliphatic carboxylic acids is 1. The minimum atomic E-state index is -0.969. The lowest BCUT2D eigenvalue weighted by molar-refractivity contribution is -0.136. The molecule has 1 aromatic heterocycles. The van der Waals surface area contributed by atoms with Crippen LogP contribution in [-0.4, -0.2) is 16.1 Å². The molecule has 19 heavy (non-hydrogen) atoms. The number of carboxylic acid groups (broad SMARTS) is 1. The molecule has 0 atom stereocenters. The van der Waals surface area contributed by atoms with Gasteiger partial charge in [-0.3, -0.25) is 9.78 Å². The molecule has 0 radical (unpaired) electrons. The van der Waals surface area contributed by atoms with Gasteiger partial charge in [0.05, 0.1) is 27.2 Å². The van der Waals surface area contributed by atoms with Gasteiger partial charge in [0.25, 0.3) is 0 Å². The van der Waals surface area contributed by atoms with Gasteiger partial charge in [-0.05, 0) is 17.7 Å². The highest BCUT2D eigenvalue weighted by molar-refractivity contribution is 6.43. The van der Waals surface area contributed by atoms with Crippen LogP contribution in [0.1, 0.15) is 5.56 Å². The first kappa shape index (κ1) is 14.1. The molecule has 1 heterocycles. The van der Waals surface area contributed by atoms with E-state index in [2.05, 4.69) is 4.98 Å². The molecule has 6 heteroatoms. The van der Waals surface area contributed by atoms with Gasteiger partial charge in [0.2, 0.25) is 0 Å². The quantitative estimate of drug-likeness (QED) is 0.916. The molecule has 0 saturated carbocycles. The molecular formula is C13H8Cl3NO2. The number of hydrogen-bond acceptors (Lipinski definition) is 2. The fourth-order valence-electron chi connectivity index (χ4n) is 1.71. The number of carboxylic acids is 1. The number of rotatable bonds is 3. The third-order valence-corrected chi connectivity index (χ3v) is 3.51. The zero-order valence-electron chi connectivity index (χ0n) is 9.53. The van der Waals surface area contributed by atoms with Crippen molar-refractivity contribution in [1.29, 1.82) is 0 Å². The van der Waals surface area contributed by atoms with E-state index in [0.717, 1.165) is 0 Å². The summed E-state index contributed by atoms with van der Waals surface area (Å²) in [5.74, 6) is -0.969. The molecule has 2 aromatic rings. The Bertz CT molecular complexity index is 644. The largest absolute Gasteiger partial charge is 0.481 e. The van der Waals surface area contributed by atoms with E-state index in [0.29, 0.717) is 31.9 Å². The lowest BCUT2D eigenvalue weighted by atomic mass is 10.0. The van der Waals surface area contributed by atoms with Crippen molar-refractivity contribution >= 4 is 40.8 Å². The first-order chi connectivity index (χ1) is 8.99. The van der Waals surface area contributed by atoms with Gasteiger partial charge in [0.1, 0.15) is 0 Å². The van der Waals surface area contributed by atoms with Crippen LogP contribution in [-0.2, 0) is 11.2 Å². The van der Waals surface area contributed by atoms with Crippen molar-refractivity contribution < 1.29 is 9.90 Å². The van der Waals surface area contributed by atoms with E-state index in [4.69, 9.17) is 39.9 Å². The maximum atomic E-state index is 10.9. The predicted octanol–water partition coefficient (Wildman–Crippen LogP) is 4.34. The summed E-state index contributed by atoms with van der Waals surface area (Å²) in [4.78, 5) is 15.1. The molecular weight excluding hydrogens is 309 g/mol. The summed E-state index contributed by atoms with van der Waals surface area (Å²) in [5, 5.41) is 10.0. The van der Waals surface area contributed by atoms with Crippen molar-refractivity contribution in [3.8, 4) is 11.3 Å². The summed E-state index contributed by atoms with van der Waals surface area (Å²) in [6.07, 6.45) is 1.26. The zero-order valence-corrected chi connectivity index (χ0v) is 11.8. The van der Waals surface area contributed by atoms with Gasteiger partial charge in [-0.25, -0.2) is 0 Å². The van der Waals surface area contributed by atoms with Crippen LogP contribution < -0.4 is 0 Å². The molecule has 0 aliphatic heterocycles. The highest BCUT2D eigenvalue weighted by Crippen LogP contribution is 2.34. The molecule has 0 amide bonds. The number of benzene rings is 1. The minimum absolute atomic E-state index is 0.189. The van der Waals surface area contributed by atoms with E-state index in [1.165, 1.54) is 6.20 Å². The molecule has 98 valence electrons. The standard InChI is InChI=1S/C13H8Cl3NO2/c14-8-4-7(5-11(18)19)13(17-6-8)9-2-1-3-10(15)12(9)16/h1-4,6H,5H2,(H,18,19). The Hall–Kier alpha value is -1.29. The normalized spacial score (nSPS) is 10.5. The average Bonchev–Trinajstić information content (AvgIpc) is 2.33. The number of pyridine rings is 1. The number of aromatic nitrogens is 1. The Balaban J connectivity index is 2.61. The summed E-state index contributed by atoms with van der Waals surface area (Å²) < 4.78 is 0. The van der Waals surface area contributed by atoms with E-state index in [9.17, 15) is 4.79 Å². The van der Waals surface area contributed by atoms with Gasteiger partial charge in [-0.1, -0.05) is 46.9 Å². The third-order valence-electron chi connectivity index (χ3n) is 2.48. The molecule has 2 rings (SSSR count). The molecule has 3 nitrogen and oxygen atoms in total. The van der Waals surface area contributed by atoms with Crippen LogP contribution in [0, 0.1) is 0 Å². The van der Waals surface area contributed by atoms with Crippen LogP contribution in [0.25, 0.3) is 11.3 Å². The number of carbonyl (C=O) groups is 1. The minimum Gasteiger partial charge on any atom is -0.481 e. The maximum absolute atomic E-state index is 10.9. The van der Waals surface area contributed by atoms with E-state index >= 15 is 0 Å². The van der Waals surface area contributed by atoms with Crippen LogP contribution in [0.5, 0.6) is 0 Å². The first-order valence-corrected chi connectivity index (χ1v) is 6.43. The van der Waals surface area contributed by atoms with Gasteiger partial charge < -0.3 is 5.11 Å². The van der Waals surface area contributed by atoms with Crippen molar-refractivity contribution in [2.75, 3.05) is 0 Å². The predicted molar refractivity (Wildman–Crippen MR) is 76.0 cm³/mol. The summed E-state index contributed by atoms with van der Waals surface area (Å²) >= 11 is 17.9. The smallest absolute Gasteiger partial charge is 0.307 e. The number of hydrogen-bond donors (Lipinski definition) is 1. The molecule has 0 fully saturated rings. The lowest BCUT2D eigenvalue weighted by Gasteiger charge is -2.10. The average molecular weight is 317 g/mol. The Labute approximate surface area is 124 Å². The molecule has 0 aliphatic rings. The topological polar surface area (TPSA) is 50.2 Å². The van der Waals surface area contributed by atoms with E-state index in [1.54, 1.807) is 24.3 Å². The van der Waals surface area contributed by atoms with E-state index in [1.807, 2.05) is 0 Å². The number of halogens is 3. The second kappa shape index (κ2) is 5.78. The monoisotopic (exact) mass is 315 g/mol. The maximum Gasteiger partial charge on any atom is 0.307 e. The Morgan fingerprint density at radius 1 is 1.26 bits per heavy atom. The summed E-state index contributed by atoms with van der Waals surface area (Å²) in [6.45, 7) is 0. The fraction of sp³-hybridized carbons (Fsp3) is 0.0769. The van der Waals surface area contributed by atoms with Crippen molar-refractivity contribution in [3.05, 3.63) is 51.1 Å². The van der Waals surface area contributed by atoms with E-state index in [-0.39, 0.29) is 6.42 Å². The first-order valence-electron chi connectivity index (χ1n) is 5.29. The summed E-state index contributed by atoms with van der Waals surface area (Å²) in [7, 11) is 0. The van der Waals surface area contributed by atoms with Crippen molar-refractivity contribution in [2.45, 2.75) is 6.42 Å². The summed E-state index contributed by atoms with van der Waals surface area (Å²) in [5.41, 5.74) is 1.55. The van der Waals surface area contributed by atoms with Gasteiger partial charge in [-0.2, -0.15) is 0 Å². The van der Waals surface area contributed by atoms with Crippen LogP contribution in [0.2, 0.25) is 15.1 Å². The summed E-state index contributed by atoms with van der Waals surface area (Å²) in [6, 6.07) is 6.68. The number of nitrogens with zero attached hydrogens (tertiary/aromatic N) is 1. The van der Waals surface area contributed by atoms with Crippen molar-refractivity contribution in [2.24, 2.45) is 0 Å². The van der Waals surface area contributed by atoms with Gasteiger partial charge in [0.15, 0.2) is 0 Å². The van der Waals surface area contributed by atoms with Crippen molar-refractivity contribution in [1.82, 2.24) is 4.98 Å². The second-order valence-corrected chi connectivity index (χ2v) is 5.05. The zero-order chi connectivity index (χ0) is 14.0. The van der Waals surface area contributed by atoms with Gasteiger partial charge >= 0.3 is 5.97 Å². The van der Waals surface area contributed by atoms with Crippen LogP contribution in [0.15, 0.2) is 30.5 Å². The molecule has 0 saturated heterocycles. The molecule has 1 aromatic carbocycles. The van der Waals surface area contributed by atoms with Crippen LogP contribution in [0.4, 0.5) is 0 Å². The van der Waals surface area contributed by atoms with Crippen LogP contribution >= 0.6 is 34.8 Å². The Morgan fingerprint density at radius 3 is 2.68 bits per heavy atom. The molecule has 0 bridgehead atoms. The highest BCUT2D eigenvalue weighted by Gasteiger charge is 2.15. The Morgan fingerprint density at radius 2 is 2.00 bits per heavy atom. The fourth-order valence-corrected chi connectivity index (χ4v) is 2.28. The Kier molecular flexibility index (Phi) is 4.30. The lowest BCUT2D eigenvalue weighted by Crippen LogP contribution is -2.03. The van der Waals surface area contributed by atoms with Gasteiger partial charge in [0, 0.05) is 11.8 Å². The highest BCUT2D eigenvalue weighted by atomic mass is 35.5. The van der Waals surface area contributed by atoms with E-state index < -0.39 is 5.97 Å².